The zero-order valence-electron chi connectivity index (χ0n) is 10.1. The molecular weight excluding hydrogens is 451 g/mol. The lowest BCUT2D eigenvalue weighted by atomic mass is 10.2. The van der Waals surface area contributed by atoms with Crippen LogP contribution in [-0.2, 0) is 10.0 Å². The van der Waals surface area contributed by atoms with Crippen LogP contribution >= 0.6 is 43.2 Å². The smallest absolute Gasteiger partial charge is 0.257 e. The zero-order valence-corrected chi connectivity index (χ0v) is 14.9. The molecule has 10 heteroatoms. The Morgan fingerprint density at radius 3 is 2.43 bits per heavy atom. The van der Waals surface area contributed by atoms with Crippen LogP contribution in [0.5, 0.6) is 0 Å². The van der Waals surface area contributed by atoms with Crippen molar-refractivity contribution in [1.29, 1.82) is 0 Å². The topological polar surface area (TPSA) is 89.3 Å². The van der Waals surface area contributed by atoms with Gasteiger partial charge in [0.1, 0.15) is 5.82 Å². The summed E-state index contributed by atoms with van der Waals surface area (Å²) in [7, 11) is -3.99. The first-order valence-electron chi connectivity index (χ1n) is 5.27. The second-order valence-electron chi connectivity index (χ2n) is 3.88. The lowest BCUT2D eigenvalue weighted by Crippen LogP contribution is -2.15. The van der Waals surface area contributed by atoms with Crippen LogP contribution in [0.25, 0.3) is 0 Å². The Labute approximate surface area is 140 Å². The molecule has 1 amide bonds. The van der Waals surface area contributed by atoms with E-state index in [1.807, 2.05) is 0 Å². The van der Waals surface area contributed by atoms with Crippen molar-refractivity contribution in [2.75, 3.05) is 5.32 Å². The second-order valence-corrected chi connectivity index (χ2v) is 9.19. The molecule has 1 aromatic carbocycles. The number of primary sulfonamides is 1. The molecule has 0 aliphatic carbocycles. The standard InChI is InChI=1S/C11H7Br2FN2O3S2/c12-9-4-6(10(13)20-9)11(17)16-8-2-1-5(3-7(8)14)21(15,18)19/h1-4H,(H,16,17)(H2,15,18,19). The molecule has 21 heavy (non-hydrogen) atoms. The summed E-state index contributed by atoms with van der Waals surface area (Å²) in [5.74, 6) is -1.41. The summed E-state index contributed by atoms with van der Waals surface area (Å²) >= 11 is 7.76. The van der Waals surface area contributed by atoms with Crippen molar-refractivity contribution in [3.63, 3.8) is 0 Å². The highest BCUT2D eigenvalue weighted by Crippen LogP contribution is 2.32. The van der Waals surface area contributed by atoms with Crippen molar-refractivity contribution >= 4 is 64.8 Å². The summed E-state index contributed by atoms with van der Waals surface area (Å²) < 4.78 is 37.3. The SMILES string of the molecule is NS(=O)(=O)c1ccc(NC(=O)c2cc(Br)sc2Br)c(F)c1. The third-order valence-electron chi connectivity index (χ3n) is 2.42. The summed E-state index contributed by atoms with van der Waals surface area (Å²) in [6.45, 7) is 0. The molecule has 0 radical (unpaired) electrons. The Bertz CT molecular complexity index is 821. The highest BCUT2D eigenvalue weighted by molar-refractivity contribution is 9.12. The summed E-state index contributed by atoms with van der Waals surface area (Å²) in [5.41, 5.74) is 0.198. The van der Waals surface area contributed by atoms with Crippen LogP contribution in [0.1, 0.15) is 10.4 Å². The maximum absolute atomic E-state index is 13.8. The summed E-state index contributed by atoms with van der Waals surface area (Å²) in [6, 6.07) is 4.60. The molecule has 0 spiro atoms. The average molecular weight is 458 g/mol. The fourth-order valence-corrected chi connectivity index (χ4v) is 4.78. The minimum atomic E-state index is -3.99. The molecule has 0 aliphatic rings. The number of carbonyl (C=O) groups is 1. The van der Waals surface area contributed by atoms with Crippen molar-refractivity contribution in [2.24, 2.45) is 5.14 Å². The molecule has 2 rings (SSSR count). The van der Waals surface area contributed by atoms with Crippen molar-refractivity contribution in [3.8, 4) is 0 Å². The van der Waals surface area contributed by atoms with Crippen LogP contribution in [-0.4, -0.2) is 14.3 Å². The third-order valence-corrected chi connectivity index (χ3v) is 5.67. The third kappa shape index (κ3) is 3.89. The largest absolute Gasteiger partial charge is 0.319 e. The first-order chi connectivity index (χ1) is 9.68. The highest BCUT2D eigenvalue weighted by Gasteiger charge is 2.17. The maximum atomic E-state index is 13.8. The molecule has 112 valence electrons. The monoisotopic (exact) mass is 456 g/mol. The molecule has 1 heterocycles. The van der Waals surface area contributed by atoms with Crippen molar-refractivity contribution in [3.05, 3.63) is 43.2 Å². The molecule has 0 unspecified atom stereocenters. The quantitative estimate of drug-likeness (QED) is 0.740. The zero-order chi connectivity index (χ0) is 15.8. The summed E-state index contributed by atoms with van der Waals surface area (Å²) in [4.78, 5) is 11.7. The molecule has 0 bridgehead atoms. The first kappa shape index (κ1) is 16.6. The minimum Gasteiger partial charge on any atom is -0.319 e. The Morgan fingerprint density at radius 2 is 1.95 bits per heavy atom. The predicted molar refractivity (Wildman–Crippen MR) is 85.4 cm³/mol. The number of hydrogen-bond acceptors (Lipinski definition) is 4. The van der Waals surface area contributed by atoms with Gasteiger partial charge in [-0.15, -0.1) is 11.3 Å². The van der Waals surface area contributed by atoms with Gasteiger partial charge < -0.3 is 5.32 Å². The van der Waals surface area contributed by atoms with Gasteiger partial charge in [0, 0.05) is 0 Å². The lowest BCUT2D eigenvalue weighted by molar-refractivity contribution is 0.102. The number of hydrogen-bond donors (Lipinski definition) is 2. The minimum absolute atomic E-state index is 0.137. The van der Waals surface area contributed by atoms with E-state index in [2.05, 4.69) is 37.2 Å². The van der Waals surface area contributed by atoms with E-state index >= 15 is 0 Å². The van der Waals surface area contributed by atoms with Gasteiger partial charge in [0.2, 0.25) is 10.0 Å². The molecule has 0 fully saturated rings. The Balaban J connectivity index is 2.28. The average Bonchev–Trinajstić information content (AvgIpc) is 2.69. The number of anilines is 1. The number of benzene rings is 1. The van der Waals surface area contributed by atoms with Crippen LogP contribution < -0.4 is 10.5 Å². The molecule has 3 N–H and O–H groups in total. The van der Waals surface area contributed by atoms with Crippen LogP contribution in [0.4, 0.5) is 10.1 Å². The van der Waals surface area contributed by atoms with E-state index in [-0.39, 0.29) is 10.6 Å². The van der Waals surface area contributed by atoms with Crippen molar-refractivity contribution in [1.82, 2.24) is 0 Å². The van der Waals surface area contributed by atoms with Crippen LogP contribution in [0.15, 0.2) is 36.7 Å². The molecular formula is C11H7Br2FN2O3S2. The van der Waals surface area contributed by atoms with E-state index in [0.29, 0.717) is 9.35 Å². The number of nitrogens with one attached hydrogen (secondary N) is 1. The van der Waals surface area contributed by atoms with Gasteiger partial charge in [-0.25, -0.2) is 17.9 Å². The van der Waals surface area contributed by atoms with Gasteiger partial charge in [0.05, 0.1) is 23.7 Å². The lowest BCUT2D eigenvalue weighted by Gasteiger charge is -2.07. The van der Waals surface area contributed by atoms with Crippen LogP contribution in [0, 0.1) is 5.82 Å². The van der Waals surface area contributed by atoms with E-state index < -0.39 is 21.7 Å². The van der Waals surface area contributed by atoms with E-state index in [1.165, 1.54) is 11.3 Å². The molecule has 2 aromatic rings. The van der Waals surface area contributed by atoms with Gasteiger partial charge in [-0.2, -0.15) is 0 Å². The van der Waals surface area contributed by atoms with Gasteiger partial charge >= 0.3 is 0 Å². The van der Waals surface area contributed by atoms with Crippen LogP contribution in [0.3, 0.4) is 0 Å². The molecule has 0 aliphatic heterocycles. The number of carbonyl (C=O) groups excluding carboxylic acids is 1. The van der Waals surface area contributed by atoms with Crippen molar-refractivity contribution < 1.29 is 17.6 Å². The van der Waals surface area contributed by atoms with E-state index in [4.69, 9.17) is 5.14 Å². The number of sulfonamides is 1. The normalized spacial score (nSPS) is 11.4. The molecule has 5 nitrogen and oxygen atoms in total. The Kier molecular flexibility index (Phi) is 4.83. The number of amides is 1. The van der Waals surface area contributed by atoms with Gasteiger partial charge in [-0.1, -0.05) is 0 Å². The maximum Gasteiger partial charge on any atom is 0.257 e. The van der Waals surface area contributed by atoms with Gasteiger partial charge in [0.15, 0.2) is 0 Å². The number of nitrogens with two attached hydrogens (primary N) is 1. The number of rotatable bonds is 3. The Hall–Kier alpha value is -0.810. The second kappa shape index (κ2) is 6.13. The van der Waals surface area contributed by atoms with E-state index in [1.54, 1.807) is 6.07 Å². The molecule has 0 atom stereocenters. The number of thiophene rings is 1. The first-order valence-corrected chi connectivity index (χ1v) is 9.22. The molecule has 0 saturated carbocycles. The number of halogens is 3. The molecule has 1 aromatic heterocycles. The van der Waals surface area contributed by atoms with E-state index in [9.17, 15) is 17.6 Å². The molecule has 0 saturated heterocycles. The highest BCUT2D eigenvalue weighted by atomic mass is 79.9. The van der Waals surface area contributed by atoms with Gasteiger partial charge in [-0.05, 0) is 56.1 Å². The fraction of sp³-hybridized carbons (Fsp3) is 0. The predicted octanol–water partition coefficient (Wildman–Crippen LogP) is 3.31. The summed E-state index contributed by atoms with van der Waals surface area (Å²) in [5, 5.41) is 7.26. The summed E-state index contributed by atoms with van der Waals surface area (Å²) in [6.07, 6.45) is 0. The van der Waals surface area contributed by atoms with Crippen LogP contribution in [0.2, 0.25) is 0 Å². The van der Waals surface area contributed by atoms with E-state index in [0.717, 1.165) is 22.0 Å². The van der Waals surface area contributed by atoms with Gasteiger partial charge in [-0.3, -0.25) is 4.79 Å². The van der Waals surface area contributed by atoms with Crippen molar-refractivity contribution in [2.45, 2.75) is 4.90 Å². The Morgan fingerprint density at radius 1 is 1.29 bits per heavy atom. The van der Waals surface area contributed by atoms with Gasteiger partial charge in [0.25, 0.3) is 5.91 Å². The fourth-order valence-electron chi connectivity index (χ4n) is 1.46.